The molecule has 1 saturated heterocycles. The molecule has 0 aromatic carbocycles. The number of amides is 2. The van der Waals surface area contributed by atoms with Crippen LogP contribution in [-0.4, -0.2) is 43.5 Å². The van der Waals surface area contributed by atoms with Crippen molar-refractivity contribution in [1.82, 2.24) is 4.90 Å². The zero-order valence-electron chi connectivity index (χ0n) is 18.0. The van der Waals surface area contributed by atoms with Gasteiger partial charge in [-0.2, -0.15) is 0 Å². The lowest BCUT2D eigenvalue weighted by molar-refractivity contribution is -0.132. The molecule has 2 fully saturated rings. The first kappa shape index (κ1) is 20.6. The van der Waals surface area contributed by atoms with Crippen LogP contribution >= 0.6 is 0 Å². The predicted octanol–water partition coefficient (Wildman–Crippen LogP) is 4.59. The molecule has 2 amide bonds. The van der Waals surface area contributed by atoms with Crippen molar-refractivity contribution in [2.24, 2.45) is 23.7 Å². The van der Waals surface area contributed by atoms with Crippen LogP contribution in [0.25, 0.3) is 0 Å². The van der Waals surface area contributed by atoms with Gasteiger partial charge in [0.25, 0.3) is 0 Å². The molecule has 1 heterocycles. The molecule has 3 aliphatic rings. The van der Waals surface area contributed by atoms with Crippen molar-refractivity contribution >= 4 is 20.3 Å². The second-order valence-corrected chi connectivity index (χ2v) is 15.7. The summed E-state index contributed by atoms with van der Waals surface area (Å²) < 4.78 is 12.0. The SMILES string of the molecule is CC(C)(C)OC(=O)N1C(=O)C2C3C=CC(C3)C2[C@H]1CO[Si](C)(C)C(C)(C)C. The fourth-order valence-corrected chi connectivity index (χ4v) is 5.48. The quantitative estimate of drug-likeness (QED) is 0.520. The van der Waals surface area contributed by atoms with Gasteiger partial charge in [0.1, 0.15) is 5.60 Å². The number of hydrogen-bond donors (Lipinski definition) is 0. The number of imide groups is 1. The topological polar surface area (TPSA) is 55.8 Å². The fourth-order valence-electron chi connectivity index (χ4n) is 4.46. The Hall–Kier alpha value is -1.14. The largest absolute Gasteiger partial charge is 0.443 e. The lowest BCUT2D eigenvalue weighted by Crippen LogP contribution is -2.49. The van der Waals surface area contributed by atoms with E-state index in [-0.39, 0.29) is 34.7 Å². The number of likely N-dealkylation sites (tertiary alicyclic amines) is 1. The van der Waals surface area contributed by atoms with Crippen LogP contribution in [0.5, 0.6) is 0 Å². The van der Waals surface area contributed by atoms with Crippen molar-refractivity contribution in [3.63, 3.8) is 0 Å². The molecular formula is C21H35NO4Si. The second-order valence-electron chi connectivity index (χ2n) is 10.9. The van der Waals surface area contributed by atoms with Gasteiger partial charge in [-0.15, -0.1) is 0 Å². The van der Waals surface area contributed by atoms with Gasteiger partial charge in [-0.3, -0.25) is 4.79 Å². The van der Waals surface area contributed by atoms with Gasteiger partial charge >= 0.3 is 6.09 Å². The van der Waals surface area contributed by atoms with E-state index in [2.05, 4.69) is 46.0 Å². The van der Waals surface area contributed by atoms with Crippen LogP contribution in [-0.2, 0) is 14.0 Å². The van der Waals surface area contributed by atoms with Gasteiger partial charge in [0.2, 0.25) is 5.91 Å². The number of rotatable bonds is 3. The summed E-state index contributed by atoms with van der Waals surface area (Å²) in [5.74, 6) is 0.611. The maximum atomic E-state index is 13.2. The molecule has 6 heteroatoms. The summed E-state index contributed by atoms with van der Waals surface area (Å²) in [4.78, 5) is 27.5. The Morgan fingerprint density at radius 1 is 1.15 bits per heavy atom. The van der Waals surface area contributed by atoms with Crippen LogP contribution in [0.2, 0.25) is 18.1 Å². The molecule has 0 aromatic rings. The highest BCUT2D eigenvalue weighted by molar-refractivity contribution is 6.74. The van der Waals surface area contributed by atoms with Crippen molar-refractivity contribution in [1.29, 1.82) is 0 Å². The molecule has 0 aromatic heterocycles. The van der Waals surface area contributed by atoms with E-state index in [0.29, 0.717) is 12.5 Å². The molecule has 1 aliphatic heterocycles. The fraction of sp³-hybridized carbons (Fsp3) is 0.810. The maximum absolute atomic E-state index is 13.2. The number of carbonyl (C=O) groups excluding carboxylic acids is 2. The Labute approximate surface area is 164 Å². The molecule has 0 N–H and O–H groups in total. The molecule has 5 nitrogen and oxygen atoms in total. The van der Waals surface area contributed by atoms with Crippen LogP contribution < -0.4 is 0 Å². The number of fused-ring (bicyclic) bond motifs is 5. The van der Waals surface area contributed by atoms with Crippen molar-refractivity contribution in [2.75, 3.05) is 6.61 Å². The average molecular weight is 394 g/mol. The number of hydrogen-bond acceptors (Lipinski definition) is 4. The minimum atomic E-state index is -1.98. The van der Waals surface area contributed by atoms with E-state index in [1.54, 1.807) is 0 Å². The van der Waals surface area contributed by atoms with Crippen LogP contribution in [0.4, 0.5) is 4.79 Å². The molecule has 2 aliphatic carbocycles. The summed E-state index contributed by atoms with van der Waals surface area (Å²) in [6, 6.07) is -0.230. The smallest absolute Gasteiger partial charge is 0.417 e. The Bertz CT molecular complexity index is 658. The molecule has 4 unspecified atom stereocenters. The molecule has 0 spiro atoms. The summed E-state index contributed by atoms with van der Waals surface area (Å²) in [7, 11) is -1.98. The number of nitrogens with zero attached hydrogens (tertiary/aromatic N) is 1. The standard InChI is InChI=1S/C21H35NO4Si/c1-20(2,3)26-19(24)22-15(12-25-27(7,8)21(4,5)6)16-13-9-10-14(11-13)17(16)18(22)23/h9-10,13-17H,11-12H2,1-8H3/t13?,14?,15-,16?,17?/m1/s1. The highest BCUT2D eigenvalue weighted by Crippen LogP contribution is 2.55. The number of allylic oxidation sites excluding steroid dienone is 2. The van der Waals surface area contributed by atoms with Crippen LogP contribution in [0, 0.1) is 23.7 Å². The van der Waals surface area contributed by atoms with Crippen LogP contribution in [0.1, 0.15) is 48.0 Å². The highest BCUT2D eigenvalue weighted by Gasteiger charge is 2.61. The van der Waals surface area contributed by atoms with Crippen LogP contribution in [0.15, 0.2) is 12.2 Å². The molecular weight excluding hydrogens is 358 g/mol. The summed E-state index contributed by atoms with van der Waals surface area (Å²) >= 11 is 0. The van der Waals surface area contributed by atoms with Gasteiger partial charge in [0, 0.05) is 5.92 Å². The van der Waals surface area contributed by atoms with E-state index in [4.69, 9.17) is 9.16 Å². The Morgan fingerprint density at radius 2 is 1.74 bits per heavy atom. The Kier molecular flexibility index (Phi) is 4.91. The highest BCUT2D eigenvalue weighted by atomic mass is 28.4. The Morgan fingerprint density at radius 3 is 2.30 bits per heavy atom. The summed E-state index contributed by atoms with van der Waals surface area (Å²) in [5, 5.41) is 0.0837. The summed E-state index contributed by atoms with van der Waals surface area (Å²) in [6.45, 7) is 16.9. The first-order valence-electron chi connectivity index (χ1n) is 10.1. The maximum Gasteiger partial charge on any atom is 0.417 e. The van der Waals surface area contributed by atoms with E-state index < -0.39 is 20.0 Å². The summed E-state index contributed by atoms with van der Waals surface area (Å²) in [6.07, 6.45) is 4.90. The normalized spacial score (nSPS) is 33.0. The van der Waals surface area contributed by atoms with Crippen molar-refractivity contribution in [3.8, 4) is 0 Å². The van der Waals surface area contributed by atoms with Gasteiger partial charge in [-0.25, -0.2) is 9.69 Å². The van der Waals surface area contributed by atoms with Crippen LogP contribution in [0.3, 0.4) is 0 Å². The van der Waals surface area contributed by atoms with Gasteiger partial charge in [-0.1, -0.05) is 32.9 Å². The van der Waals surface area contributed by atoms with Crippen molar-refractivity contribution in [3.05, 3.63) is 12.2 Å². The van der Waals surface area contributed by atoms with Gasteiger partial charge in [-0.05, 0) is 57.2 Å². The van der Waals surface area contributed by atoms with Gasteiger partial charge in [0.05, 0.1) is 18.6 Å². The monoisotopic (exact) mass is 393 g/mol. The Balaban J connectivity index is 1.85. The van der Waals surface area contributed by atoms with E-state index in [9.17, 15) is 9.59 Å². The average Bonchev–Trinajstić information content (AvgIpc) is 3.14. The molecule has 152 valence electrons. The van der Waals surface area contributed by atoms with Gasteiger partial charge < -0.3 is 9.16 Å². The first-order valence-corrected chi connectivity index (χ1v) is 13.0. The minimum Gasteiger partial charge on any atom is -0.443 e. The minimum absolute atomic E-state index is 0.0741. The molecule has 1 saturated carbocycles. The third-order valence-electron chi connectivity index (χ3n) is 6.83. The lowest BCUT2D eigenvalue weighted by atomic mass is 9.82. The molecule has 0 radical (unpaired) electrons. The van der Waals surface area contributed by atoms with Crippen molar-refractivity contribution in [2.45, 2.75) is 77.7 Å². The first-order chi connectivity index (χ1) is 12.2. The van der Waals surface area contributed by atoms with E-state index in [1.165, 1.54) is 4.90 Å². The van der Waals surface area contributed by atoms with Gasteiger partial charge in [0.15, 0.2) is 8.32 Å². The lowest BCUT2D eigenvalue weighted by Gasteiger charge is -2.39. The third-order valence-corrected chi connectivity index (χ3v) is 11.3. The zero-order valence-corrected chi connectivity index (χ0v) is 19.0. The van der Waals surface area contributed by atoms with E-state index in [1.807, 2.05) is 20.8 Å². The number of carbonyl (C=O) groups is 2. The number of ether oxygens (including phenoxy) is 1. The van der Waals surface area contributed by atoms with E-state index in [0.717, 1.165) is 6.42 Å². The summed E-state index contributed by atoms with van der Waals surface area (Å²) in [5.41, 5.74) is -0.628. The third kappa shape index (κ3) is 3.62. The molecule has 3 rings (SSSR count). The molecule has 5 atom stereocenters. The molecule has 27 heavy (non-hydrogen) atoms. The van der Waals surface area contributed by atoms with Crippen molar-refractivity contribution < 1.29 is 18.8 Å². The zero-order chi connectivity index (χ0) is 20.4. The van der Waals surface area contributed by atoms with E-state index >= 15 is 0 Å². The second kappa shape index (κ2) is 6.44. The predicted molar refractivity (Wildman–Crippen MR) is 108 cm³/mol. The molecule has 2 bridgehead atoms.